The standard InChI is InChI=1S/C16H19N3O/c1-11(2)12-3-7-14(8-4-12)18-16(20)19-15-9-5-13(17)6-10-15/h3-11H,17H2,1-2H3,(H2,18,19,20). The number of amides is 2. The molecule has 0 saturated heterocycles. The van der Waals surface area contributed by atoms with E-state index in [0.29, 0.717) is 17.3 Å². The topological polar surface area (TPSA) is 67.2 Å². The van der Waals surface area contributed by atoms with Crippen molar-refractivity contribution in [1.29, 1.82) is 0 Å². The summed E-state index contributed by atoms with van der Waals surface area (Å²) in [6.45, 7) is 4.27. The first-order valence-corrected chi connectivity index (χ1v) is 6.58. The molecule has 2 aromatic rings. The van der Waals surface area contributed by atoms with Gasteiger partial charge in [0.05, 0.1) is 0 Å². The fraction of sp³-hybridized carbons (Fsp3) is 0.188. The van der Waals surface area contributed by atoms with Gasteiger partial charge in [-0.05, 0) is 47.9 Å². The van der Waals surface area contributed by atoms with E-state index in [9.17, 15) is 4.79 Å². The predicted octanol–water partition coefficient (Wildman–Crippen LogP) is 4.04. The summed E-state index contributed by atoms with van der Waals surface area (Å²) in [5, 5.41) is 5.54. The Morgan fingerprint density at radius 1 is 0.900 bits per heavy atom. The molecule has 2 rings (SSSR count). The Hall–Kier alpha value is -2.49. The van der Waals surface area contributed by atoms with E-state index in [2.05, 4.69) is 24.5 Å². The summed E-state index contributed by atoms with van der Waals surface area (Å²) in [7, 11) is 0. The molecule has 0 radical (unpaired) electrons. The number of urea groups is 1. The lowest BCUT2D eigenvalue weighted by atomic mass is 10.0. The van der Waals surface area contributed by atoms with Crippen LogP contribution in [-0.2, 0) is 0 Å². The second-order valence-electron chi connectivity index (χ2n) is 4.98. The Kier molecular flexibility index (Phi) is 4.25. The van der Waals surface area contributed by atoms with Crippen LogP contribution >= 0.6 is 0 Å². The van der Waals surface area contributed by atoms with Crippen LogP contribution in [0.3, 0.4) is 0 Å². The highest BCUT2D eigenvalue weighted by atomic mass is 16.2. The van der Waals surface area contributed by atoms with Crippen LogP contribution in [0.1, 0.15) is 25.3 Å². The molecule has 4 heteroatoms. The zero-order valence-electron chi connectivity index (χ0n) is 11.7. The number of carbonyl (C=O) groups excluding carboxylic acids is 1. The maximum atomic E-state index is 11.8. The van der Waals surface area contributed by atoms with Crippen LogP contribution in [-0.4, -0.2) is 6.03 Å². The minimum absolute atomic E-state index is 0.271. The van der Waals surface area contributed by atoms with Gasteiger partial charge in [-0.2, -0.15) is 0 Å². The molecule has 20 heavy (non-hydrogen) atoms. The van der Waals surface area contributed by atoms with Crippen molar-refractivity contribution in [2.24, 2.45) is 0 Å². The highest BCUT2D eigenvalue weighted by Crippen LogP contribution is 2.17. The summed E-state index contributed by atoms with van der Waals surface area (Å²) in [5.41, 5.74) is 8.97. The summed E-state index contributed by atoms with van der Waals surface area (Å²) in [6, 6.07) is 14.6. The second kappa shape index (κ2) is 6.10. The van der Waals surface area contributed by atoms with Crippen molar-refractivity contribution in [2.75, 3.05) is 16.4 Å². The molecular weight excluding hydrogens is 250 g/mol. The number of hydrogen-bond donors (Lipinski definition) is 3. The lowest BCUT2D eigenvalue weighted by Crippen LogP contribution is -2.19. The largest absolute Gasteiger partial charge is 0.399 e. The molecule has 0 aliphatic rings. The third kappa shape index (κ3) is 3.75. The number of anilines is 3. The van der Waals surface area contributed by atoms with Gasteiger partial charge in [0.2, 0.25) is 0 Å². The first-order valence-electron chi connectivity index (χ1n) is 6.58. The third-order valence-electron chi connectivity index (χ3n) is 3.00. The van der Waals surface area contributed by atoms with Gasteiger partial charge in [0.1, 0.15) is 0 Å². The molecule has 0 fully saturated rings. The van der Waals surface area contributed by atoms with Crippen LogP contribution < -0.4 is 16.4 Å². The van der Waals surface area contributed by atoms with Gasteiger partial charge in [-0.1, -0.05) is 26.0 Å². The molecule has 0 heterocycles. The van der Waals surface area contributed by atoms with Crippen molar-refractivity contribution in [1.82, 2.24) is 0 Å². The zero-order chi connectivity index (χ0) is 14.5. The average molecular weight is 269 g/mol. The summed E-state index contributed by atoms with van der Waals surface area (Å²) < 4.78 is 0. The van der Waals surface area contributed by atoms with Gasteiger partial charge in [-0.15, -0.1) is 0 Å². The van der Waals surface area contributed by atoms with Crippen molar-refractivity contribution in [3.05, 3.63) is 54.1 Å². The molecule has 104 valence electrons. The van der Waals surface area contributed by atoms with Gasteiger partial charge in [0.25, 0.3) is 0 Å². The normalized spacial score (nSPS) is 10.3. The van der Waals surface area contributed by atoms with Crippen LogP contribution in [0.4, 0.5) is 21.9 Å². The minimum Gasteiger partial charge on any atom is -0.399 e. The summed E-state index contributed by atoms with van der Waals surface area (Å²) in [5.74, 6) is 0.479. The molecule has 0 unspecified atom stereocenters. The van der Waals surface area contributed by atoms with E-state index in [4.69, 9.17) is 5.73 Å². The number of benzene rings is 2. The molecule has 0 spiro atoms. The second-order valence-corrected chi connectivity index (χ2v) is 4.98. The summed E-state index contributed by atoms with van der Waals surface area (Å²) in [6.07, 6.45) is 0. The Bertz CT molecular complexity index is 574. The lowest BCUT2D eigenvalue weighted by molar-refractivity contribution is 0.262. The quantitative estimate of drug-likeness (QED) is 0.736. The number of rotatable bonds is 3. The molecule has 0 bridgehead atoms. The Balaban J connectivity index is 1.95. The van der Waals surface area contributed by atoms with Crippen LogP contribution in [0.25, 0.3) is 0 Å². The van der Waals surface area contributed by atoms with Crippen LogP contribution in [0.15, 0.2) is 48.5 Å². The molecule has 4 nitrogen and oxygen atoms in total. The molecule has 2 amide bonds. The van der Waals surface area contributed by atoms with E-state index < -0.39 is 0 Å². The van der Waals surface area contributed by atoms with Gasteiger partial charge in [0, 0.05) is 17.1 Å². The van der Waals surface area contributed by atoms with E-state index >= 15 is 0 Å². The van der Waals surface area contributed by atoms with E-state index in [1.807, 2.05) is 24.3 Å². The van der Waals surface area contributed by atoms with Gasteiger partial charge in [-0.3, -0.25) is 0 Å². The SMILES string of the molecule is CC(C)c1ccc(NC(=O)Nc2ccc(N)cc2)cc1. The number of carbonyl (C=O) groups is 1. The molecule has 0 aliphatic carbocycles. The van der Waals surface area contributed by atoms with Crippen LogP contribution in [0.2, 0.25) is 0 Å². The number of nitrogens with two attached hydrogens (primary N) is 1. The van der Waals surface area contributed by atoms with Gasteiger partial charge >= 0.3 is 6.03 Å². The Morgan fingerprint density at radius 2 is 1.35 bits per heavy atom. The molecular formula is C16H19N3O. The predicted molar refractivity (Wildman–Crippen MR) is 84.0 cm³/mol. The van der Waals surface area contributed by atoms with Gasteiger partial charge in [0.15, 0.2) is 0 Å². The lowest BCUT2D eigenvalue weighted by Gasteiger charge is -2.09. The fourth-order valence-electron chi connectivity index (χ4n) is 1.81. The highest BCUT2D eigenvalue weighted by molar-refractivity contribution is 5.99. The smallest absolute Gasteiger partial charge is 0.323 e. The molecule has 0 atom stereocenters. The highest BCUT2D eigenvalue weighted by Gasteiger charge is 2.03. The van der Waals surface area contributed by atoms with E-state index in [1.54, 1.807) is 24.3 Å². The van der Waals surface area contributed by atoms with E-state index in [1.165, 1.54) is 5.56 Å². The fourth-order valence-corrected chi connectivity index (χ4v) is 1.81. The van der Waals surface area contributed by atoms with Crippen molar-refractivity contribution in [3.8, 4) is 0 Å². The average Bonchev–Trinajstić information content (AvgIpc) is 2.42. The zero-order valence-corrected chi connectivity index (χ0v) is 11.7. The summed E-state index contributed by atoms with van der Waals surface area (Å²) >= 11 is 0. The maximum absolute atomic E-state index is 11.8. The first kappa shape index (κ1) is 13.9. The number of hydrogen-bond acceptors (Lipinski definition) is 2. The number of nitrogen functional groups attached to an aromatic ring is 1. The van der Waals surface area contributed by atoms with Crippen molar-refractivity contribution < 1.29 is 4.79 Å². The number of nitrogens with one attached hydrogen (secondary N) is 2. The van der Waals surface area contributed by atoms with Crippen LogP contribution in [0, 0.1) is 0 Å². The van der Waals surface area contributed by atoms with Gasteiger partial charge < -0.3 is 16.4 Å². The maximum Gasteiger partial charge on any atom is 0.323 e. The van der Waals surface area contributed by atoms with Crippen molar-refractivity contribution in [3.63, 3.8) is 0 Å². The molecule has 2 aromatic carbocycles. The summed E-state index contributed by atoms with van der Waals surface area (Å²) in [4.78, 5) is 11.8. The molecule has 4 N–H and O–H groups in total. The van der Waals surface area contributed by atoms with E-state index in [-0.39, 0.29) is 6.03 Å². The molecule has 0 aliphatic heterocycles. The van der Waals surface area contributed by atoms with Crippen molar-refractivity contribution >= 4 is 23.1 Å². The third-order valence-corrected chi connectivity index (χ3v) is 3.00. The Morgan fingerprint density at radius 3 is 1.80 bits per heavy atom. The first-order chi connectivity index (χ1) is 9.54. The molecule has 0 aromatic heterocycles. The van der Waals surface area contributed by atoms with Crippen molar-refractivity contribution in [2.45, 2.75) is 19.8 Å². The Labute approximate surface area is 119 Å². The molecule has 0 saturated carbocycles. The monoisotopic (exact) mass is 269 g/mol. The van der Waals surface area contributed by atoms with Gasteiger partial charge in [-0.25, -0.2) is 4.79 Å². The minimum atomic E-state index is -0.271. The van der Waals surface area contributed by atoms with E-state index in [0.717, 1.165) is 5.69 Å². The van der Waals surface area contributed by atoms with Crippen LogP contribution in [0.5, 0.6) is 0 Å².